The third kappa shape index (κ3) is 3.53. The maximum absolute atomic E-state index is 10.5. The predicted molar refractivity (Wildman–Crippen MR) is 51.2 cm³/mol. The number of primary amides is 1. The molecule has 0 spiro atoms. The highest BCUT2D eigenvalue weighted by Gasteiger charge is 2.01. The summed E-state index contributed by atoms with van der Waals surface area (Å²) in [4.78, 5) is 10.5. The first-order chi connectivity index (χ1) is 6.72. The van der Waals surface area contributed by atoms with Gasteiger partial charge in [0.15, 0.2) is 0 Å². The quantitative estimate of drug-likeness (QED) is 0.613. The van der Waals surface area contributed by atoms with Crippen LogP contribution < -0.4 is 11.5 Å². The van der Waals surface area contributed by atoms with Gasteiger partial charge in [-0.15, -0.1) is 5.10 Å². The summed E-state index contributed by atoms with van der Waals surface area (Å²) >= 11 is 0. The maximum Gasteiger partial charge on any atom is 0.219 e. The van der Waals surface area contributed by atoms with Crippen LogP contribution in [0.2, 0.25) is 0 Å². The van der Waals surface area contributed by atoms with Gasteiger partial charge in [-0.3, -0.25) is 9.48 Å². The Morgan fingerprint density at radius 1 is 1.57 bits per heavy atom. The van der Waals surface area contributed by atoms with Crippen molar-refractivity contribution in [2.45, 2.75) is 25.8 Å². The number of amides is 1. The monoisotopic (exact) mass is 197 g/mol. The molecule has 1 heterocycles. The second kappa shape index (κ2) is 5.33. The van der Waals surface area contributed by atoms with E-state index in [0.29, 0.717) is 19.5 Å². The number of carbonyl (C=O) groups excluding carboxylic acids is 1. The fourth-order valence-electron chi connectivity index (χ4n) is 1.07. The van der Waals surface area contributed by atoms with Crippen LogP contribution in [0.4, 0.5) is 0 Å². The van der Waals surface area contributed by atoms with Crippen LogP contribution in [0.15, 0.2) is 6.20 Å². The third-order valence-electron chi connectivity index (χ3n) is 1.81. The molecule has 6 nitrogen and oxygen atoms in total. The molecule has 1 amide bonds. The van der Waals surface area contributed by atoms with E-state index in [-0.39, 0.29) is 5.91 Å². The van der Waals surface area contributed by atoms with Gasteiger partial charge in [-0.2, -0.15) is 0 Å². The van der Waals surface area contributed by atoms with Crippen molar-refractivity contribution in [2.75, 3.05) is 6.54 Å². The summed E-state index contributed by atoms with van der Waals surface area (Å²) in [5.74, 6) is -0.330. The van der Waals surface area contributed by atoms with Gasteiger partial charge in [-0.25, -0.2) is 0 Å². The van der Waals surface area contributed by atoms with Crippen LogP contribution in [0, 0.1) is 0 Å². The summed E-state index contributed by atoms with van der Waals surface area (Å²) < 4.78 is 1.62. The Kier molecular flexibility index (Phi) is 4.06. The number of rotatable bonds is 6. The van der Waals surface area contributed by atoms with E-state index in [1.165, 1.54) is 0 Å². The van der Waals surface area contributed by atoms with Crippen molar-refractivity contribution in [1.29, 1.82) is 0 Å². The van der Waals surface area contributed by atoms with E-state index in [1.54, 1.807) is 4.68 Å². The highest BCUT2D eigenvalue weighted by atomic mass is 16.1. The van der Waals surface area contributed by atoms with Crippen LogP contribution in [0.3, 0.4) is 0 Å². The van der Waals surface area contributed by atoms with Gasteiger partial charge in [-0.05, 0) is 19.4 Å². The third-order valence-corrected chi connectivity index (χ3v) is 1.81. The normalized spacial score (nSPS) is 10.4. The van der Waals surface area contributed by atoms with Crippen molar-refractivity contribution >= 4 is 5.91 Å². The van der Waals surface area contributed by atoms with E-state index in [0.717, 1.165) is 18.5 Å². The van der Waals surface area contributed by atoms with E-state index in [9.17, 15) is 4.79 Å². The number of nitrogens with zero attached hydrogens (tertiary/aromatic N) is 3. The fraction of sp³-hybridized carbons (Fsp3) is 0.625. The van der Waals surface area contributed by atoms with Gasteiger partial charge in [0.1, 0.15) is 0 Å². The van der Waals surface area contributed by atoms with Crippen molar-refractivity contribution in [3.63, 3.8) is 0 Å². The molecule has 0 aliphatic heterocycles. The van der Waals surface area contributed by atoms with E-state index in [1.807, 2.05) is 6.20 Å². The molecule has 0 aliphatic carbocycles. The van der Waals surface area contributed by atoms with Gasteiger partial charge < -0.3 is 11.5 Å². The van der Waals surface area contributed by atoms with Gasteiger partial charge in [0.2, 0.25) is 5.91 Å². The van der Waals surface area contributed by atoms with Crippen LogP contribution >= 0.6 is 0 Å². The Morgan fingerprint density at radius 2 is 2.36 bits per heavy atom. The molecule has 0 atom stereocenters. The first-order valence-electron chi connectivity index (χ1n) is 4.59. The number of aromatic nitrogens is 3. The van der Waals surface area contributed by atoms with Gasteiger partial charge in [0, 0.05) is 12.6 Å². The highest BCUT2D eigenvalue weighted by molar-refractivity contribution is 5.73. The molecule has 1 rings (SSSR count). The molecule has 0 bridgehead atoms. The molecule has 14 heavy (non-hydrogen) atoms. The number of hydrogen-bond acceptors (Lipinski definition) is 4. The molecule has 0 fully saturated rings. The number of carbonyl (C=O) groups is 1. The first kappa shape index (κ1) is 10.6. The van der Waals surface area contributed by atoms with E-state index < -0.39 is 0 Å². The summed E-state index contributed by atoms with van der Waals surface area (Å²) in [6, 6.07) is 0. The lowest BCUT2D eigenvalue weighted by Gasteiger charge is -1.95. The Hall–Kier alpha value is -1.43. The van der Waals surface area contributed by atoms with Crippen LogP contribution in [0.5, 0.6) is 0 Å². The van der Waals surface area contributed by atoms with Crippen LogP contribution in [0.1, 0.15) is 18.5 Å². The fourth-order valence-corrected chi connectivity index (χ4v) is 1.07. The van der Waals surface area contributed by atoms with E-state index in [2.05, 4.69) is 10.3 Å². The molecular weight excluding hydrogens is 182 g/mol. The number of hydrogen-bond donors (Lipinski definition) is 2. The zero-order chi connectivity index (χ0) is 10.4. The van der Waals surface area contributed by atoms with Crippen molar-refractivity contribution in [3.8, 4) is 0 Å². The average molecular weight is 197 g/mol. The minimum atomic E-state index is -0.330. The second-order valence-corrected chi connectivity index (χ2v) is 3.08. The van der Waals surface area contributed by atoms with E-state index in [4.69, 9.17) is 11.5 Å². The van der Waals surface area contributed by atoms with Crippen molar-refractivity contribution in [3.05, 3.63) is 11.9 Å². The topological polar surface area (TPSA) is 99.8 Å². The van der Waals surface area contributed by atoms with Crippen LogP contribution in [0.25, 0.3) is 0 Å². The SMILES string of the molecule is NCCCc1cn(CCC(N)=O)nn1. The van der Waals surface area contributed by atoms with Gasteiger partial charge in [-0.1, -0.05) is 5.21 Å². The lowest BCUT2D eigenvalue weighted by atomic mass is 10.2. The van der Waals surface area contributed by atoms with Crippen molar-refractivity contribution in [1.82, 2.24) is 15.0 Å². The number of aryl methyl sites for hydroxylation is 2. The van der Waals surface area contributed by atoms with Gasteiger partial charge >= 0.3 is 0 Å². The largest absolute Gasteiger partial charge is 0.370 e. The van der Waals surface area contributed by atoms with Crippen molar-refractivity contribution in [2.24, 2.45) is 11.5 Å². The first-order valence-corrected chi connectivity index (χ1v) is 4.59. The zero-order valence-corrected chi connectivity index (χ0v) is 8.02. The predicted octanol–water partition coefficient (Wildman–Crippen LogP) is -0.955. The summed E-state index contributed by atoms with van der Waals surface area (Å²) in [6.07, 6.45) is 3.83. The smallest absolute Gasteiger partial charge is 0.219 e. The molecule has 0 unspecified atom stereocenters. The lowest BCUT2D eigenvalue weighted by Crippen LogP contribution is -2.14. The average Bonchev–Trinajstić information content (AvgIpc) is 2.59. The van der Waals surface area contributed by atoms with Gasteiger partial charge in [0.25, 0.3) is 0 Å². The minimum Gasteiger partial charge on any atom is -0.370 e. The Bertz CT molecular complexity index is 296. The molecule has 78 valence electrons. The minimum absolute atomic E-state index is 0.291. The Balaban J connectivity index is 2.38. The summed E-state index contributed by atoms with van der Waals surface area (Å²) in [6.45, 7) is 1.14. The standard InChI is InChI=1S/C8H15N5O/c9-4-1-2-7-6-13(12-11-7)5-3-8(10)14/h6H,1-5,9H2,(H2,10,14). The van der Waals surface area contributed by atoms with Crippen molar-refractivity contribution < 1.29 is 4.79 Å². The van der Waals surface area contributed by atoms with Crippen LogP contribution in [-0.4, -0.2) is 27.4 Å². The van der Waals surface area contributed by atoms with Gasteiger partial charge in [0.05, 0.1) is 12.2 Å². The molecule has 0 saturated carbocycles. The lowest BCUT2D eigenvalue weighted by molar-refractivity contribution is -0.118. The molecule has 0 aliphatic rings. The molecule has 1 aromatic heterocycles. The molecule has 6 heteroatoms. The molecule has 0 radical (unpaired) electrons. The molecule has 4 N–H and O–H groups in total. The second-order valence-electron chi connectivity index (χ2n) is 3.08. The Morgan fingerprint density at radius 3 is 3.00 bits per heavy atom. The van der Waals surface area contributed by atoms with E-state index >= 15 is 0 Å². The molecule has 1 aromatic rings. The maximum atomic E-state index is 10.5. The highest BCUT2D eigenvalue weighted by Crippen LogP contribution is 1.97. The molecule has 0 aromatic carbocycles. The summed E-state index contributed by atoms with van der Waals surface area (Å²) in [7, 11) is 0. The van der Waals surface area contributed by atoms with Crippen LogP contribution in [-0.2, 0) is 17.8 Å². The summed E-state index contributed by atoms with van der Waals surface area (Å²) in [5.41, 5.74) is 11.3. The zero-order valence-electron chi connectivity index (χ0n) is 8.02. The Labute approximate surface area is 82.3 Å². The molecular formula is C8H15N5O. The molecule has 0 saturated heterocycles. The number of nitrogens with two attached hydrogens (primary N) is 2. The summed E-state index contributed by atoms with van der Waals surface area (Å²) in [5, 5.41) is 7.80.